The van der Waals surface area contributed by atoms with Crippen LogP contribution >= 0.6 is 19.3 Å². The number of hydrogen-bond acceptors (Lipinski definition) is 9. The molecule has 220 valence electrons. The molecule has 6 atom stereocenters. The Kier molecular flexibility index (Phi) is 12.9. The number of rotatable bonds is 15. The van der Waals surface area contributed by atoms with Gasteiger partial charge in [0.1, 0.15) is 30.2 Å². The second kappa shape index (κ2) is 15.6. The van der Waals surface area contributed by atoms with Gasteiger partial charge in [-0.3, -0.25) is 0 Å². The molecule has 12 heteroatoms. The van der Waals surface area contributed by atoms with Crippen molar-refractivity contribution >= 4 is 19.3 Å². The number of benzene rings is 1. The van der Waals surface area contributed by atoms with E-state index in [2.05, 4.69) is 5.09 Å². The average molecular weight is 590 g/mol. The first-order valence-corrected chi connectivity index (χ1v) is 15.1. The van der Waals surface area contributed by atoms with Crippen LogP contribution in [0.5, 0.6) is 5.75 Å². The highest BCUT2D eigenvalue weighted by molar-refractivity contribution is 7.51. The van der Waals surface area contributed by atoms with Gasteiger partial charge in [-0.1, -0.05) is 29.8 Å². The third-order valence-electron chi connectivity index (χ3n) is 7.12. The van der Waals surface area contributed by atoms with Crippen LogP contribution in [0.2, 0.25) is 0 Å². The Morgan fingerprint density at radius 3 is 2.44 bits per heavy atom. The summed E-state index contributed by atoms with van der Waals surface area (Å²) in [5.74, 6) is 0.560. The smallest absolute Gasteiger partial charge is 0.404 e. The van der Waals surface area contributed by atoms with Gasteiger partial charge in [-0.05, 0) is 61.4 Å². The quantitative estimate of drug-likeness (QED) is 0.178. The monoisotopic (exact) mass is 589 g/mol. The molecule has 1 aliphatic carbocycles. The lowest BCUT2D eigenvalue weighted by molar-refractivity contribution is -0.243. The molecule has 39 heavy (non-hydrogen) atoms. The number of unbranched alkanes of at least 4 members (excludes halogenated alkanes) is 2. The second-order valence-electron chi connectivity index (χ2n) is 9.68. The van der Waals surface area contributed by atoms with Gasteiger partial charge in [0.15, 0.2) is 0 Å². The van der Waals surface area contributed by atoms with E-state index in [0.29, 0.717) is 31.0 Å². The van der Waals surface area contributed by atoms with Crippen LogP contribution in [0, 0.1) is 5.92 Å². The van der Waals surface area contributed by atoms with E-state index in [1.54, 1.807) is 6.08 Å². The van der Waals surface area contributed by atoms with E-state index < -0.39 is 38.3 Å². The summed E-state index contributed by atoms with van der Waals surface area (Å²) in [4.78, 5) is 0. The van der Waals surface area contributed by atoms with Crippen molar-refractivity contribution in [1.82, 2.24) is 5.09 Å². The van der Waals surface area contributed by atoms with Crippen LogP contribution in [0.3, 0.4) is 0 Å². The van der Waals surface area contributed by atoms with Crippen molar-refractivity contribution in [3.63, 3.8) is 0 Å². The van der Waals surface area contributed by atoms with Crippen LogP contribution in [-0.4, -0.2) is 86.9 Å². The summed E-state index contributed by atoms with van der Waals surface area (Å²) >= 11 is 6.52. The summed E-state index contributed by atoms with van der Waals surface area (Å²) in [5.41, 5.74) is 2.06. The van der Waals surface area contributed by atoms with E-state index in [1.807, 2.05) is 30.3 Å². The summed E-state index contributed by atoms with van der Waals surface area (Å²) < 4.78 is 38.6. The Morgan fingerprint density at radius 1 is 1.08 bits per heavy atom. The van der Waals surface area contributed by atoms with E-state index in [9.17, 15) is 19.9 Å². The van der Waals surface area contributed by atoms with Gasteiger partial charge < -0.3 is 38.6 Å². The highest BCUT2D eigenvalue weighted by atomic mass is 35.5. The number of methoxy groups -OCH3 is 1. The molecule has 0 amide bonds. The lowest BCUT2D eigenvalue weighted by atomic mass is 9.81. The van der Waals surface area contributed by atoms with Gasteiger partial charge in [0, 0.05) is 38.8 Å². The number of hydrogen-bond donors (Lipinski definition) is 4. The second-order valence-corrected chi connectivity index (χ2v) is 12.1. The molecule has 1 aromatic rings. The molecule has 1 fully saturated rings. The normalized spacial score (nSPS) is 27.7. The van der Waals surface area contributed by atoms with Gasteiger partial charge in [0.25, 0.3) is 0 Å². The standard InChI is InChI=1S/C27H41ClNO9P/c1-34-27-23(17-30)38-26(24(31)25(27)32)19-9-12-22(28)20(16-19)15-18-7-10-21(11-8-18)37-14-6-4-5-13-29-39(33,35-2)36-3/h7-12,19,23-27,30-32H,4-6,13-17H2,1-3H3,(H,29,33). The van der Waals surface area contributed by atoms with Crippen molar-refractivity contribution in [2.24, 2.45) is 5.92 Å². The molecule has 10 nitrogen and oxygen atoms in total. The van der Waals surface area contributed by atoms with Crippen molar-refractivity contribution in [2.75, 3.05) is 41.1 Å². The Balaban J connectivity index is 1.46. The zero-order chi connectivity index (χ0) is 28.4. The van der Waals surface area contributed by atoms with E-state index >= 15 is 0 Å². The van der Waals surface area contributed by atoms with Gasteiger partial charge in [-0.25, -0.2) is 9.65 Å². The van der Waals surface area contributed by atoms with Gasteiger partial charge in [0.05, 0.1) is 19.3 Å². The van der Waals surface area contributed by atoms with Gasteiger partial charge in [0.2, 0.25) is 0 Å². The minimum atomic E-state index is -3.17. The third kappa shape index (κ3) is 8.84. The number of aliphatic hydroxyl groups is 3. The first kappa shape index (κ1) is 32.2. The van der Waals surface area contributed by atoms with Crippen molar-refractivity contribution in [3.8, 4) is 5.75 Å². The van der Waals surface area contributed by atoms with Crippen LogP contribution in [0.1, 0.15) is 31.2 Å². The summed E-state index contributed by atoms with van der Waals surface area (Å²) in [6.45, 7) is 0.782. The fraction of sp³-hybridized carbons (Fsp3) is 0.630. The number of ether oxygens (including phenoxy) is 3. The fourth-order valence-electron chi connectivity index (χ4n) is 4.88. The SMILES string of the molecule is COC1C(CO)OC(C2C=CC(Cl)=C(Cc3ccc(OCCCCCNP(=O)(OC)OC)cc3)C2)C(O)C1O. The molecular weight excluding hydrogens is 549 g/mol. The predicted octanol–water partition coefficient (Wildman–Crippen LogP) is 3.33. The van der Waals surface area contributed by atoms with E-state index in [4.69, 9.17) is 34.9 Å². The van der Waals surface area contributed by atoms with Gasteiger partial charge >= 0.3 is 7.75 Å². The predicted molar refractivity (Wildman–Crippen MR) is 148 cm³/mol. The molecule has 3 rings (SSSR count). The minimum absolute atomic E-state index is 0.215. The van der Waals surface area contributed by atoms with Crippen LogP contribution in [0.15, 0.2) is 47.0 Å². The lowest BCUT2D eigenvalue weighted by Gasteiger charge is -2.44. The molecule has 1 heterocycles. The molecule has 0 aromatic heterocycles. The van der Waals surface area contributed by atoms with Crippen molar-refractivity contribution in [2.45, 2.75) is 62.6 Å². The summed E-state index contributed by atoms with van der Waals surface area (Å²) in [6, 6.07) is 7.85. The molecule has 4 N–H and O–H groups in total. The van der Waals surface area contributed by atoms with Crippen LogP contribution < -0.4 is 9.82 Å². The van der Waals surface area contributed by atoms with Crippen LogP contribution in [0.4, 0.5) is 0 Å². The third-order valence-corrected chi connectivity index (χ3v) is 9.09. The number of allylic oxidation sites excluding steroid dienone is 3. The van der Waals surface area contributed by atoms with Crippen molar-refractivity contribution < 1.29 is 43.1 Å². The first-order valence-electron chi connectivity index (χ1n) is 13.1. The molecule has 1 aromatic carbocycles. The minimum Gasteiger partial charge on any atom is -0.494 e. The molecule has 0 saturated carbocycles. The zero-order valence-corrected chi connectivity index (χ0v) is 24.4. The van der Waals surface area contributed by atoms with E-state index in [0.717, 1.165) is 36.1 Å². The van der Waals surface area contributed by atoms with Crippen LogP contribution in [-0.2, 0) is 29.5 Å². The molecule has 0 radical (unpaired) electrons. The molecule has 1 aliphatic heterocycles. The highest BCUT2D eigenvalue weighted by Gasteiger charge is 2.47. The molecule has 6 unspecified atom stereocenters. The summed E-state index contributed by atoms with van der Waals surface area (Å²) in [5, 5.41) is 34.4. The van der Waals surface area contributed by atoms with E-state index in [1.165, 1.54) is 21.3 Å². The number of halogens is 1. The topological polar surface area (TPSA) is 136 Å². The summed E-state index contributed by atoms with van der Waals surface area (Å²) in [6.07, 6.45) is 2.89. The molecule has 1 saturated heterocycles. The Bertz CT molecular complexity index is 995. The van der Waals surface area contributed by atoms with Crippen LogP contribution in [0.25, 0.3) is 0 Å². The molecule has 0 bridgehead atoms. The van der Waals surface area contributed by atoms with E-state index in [-0.39, 0.29) is 12.5 Å². The fourth-order valence-corrected chi connectivity index (χ4v) is 5.94. The number of nitrogens with one attached hydrogen (secondary N) is 1. The largest absolute Gasteiger partial charge is 0.494 e. The highest BCUT2D eigenvalue weighted by Crippen LogP contribution is 2.41. The van der Waals surface area contributed by atoms with Gasteiger partial charge in [-0.2, -0.15) is 0 Å². The van der Waals surface area contributed by atoms with Crippen molar-refractivity contribution in [1.29, 1.82) is 0 Å². The maximum Gasteiger partial charge on any atom is 0.404 e. The Morgan fingerprint density at radius 2 is 1.79 bits per heavy atom. The Labute approximate surface area is 235 Å². The molecular formula is C27H41ClNO9P. The molecule has 2 aliphatic rings. The van der Waals surface area contributed by atoms with Gasteiger partial charge in [-0.15, -0.1) is 0 Å². The maximum absolute atomic E-state index is 11.9. The number of aliphatic hydroxyl groups excluding tert-OH is 3. The summed E-state index contributed by atoms with van der Waals surface area (Å²) in [7, 11) is 0.940. The lowest BCUT2D eigenvalue weighted by Crippen LogP contribution is -2.60. The maximum atomic E-state index is 11.9. The average Bonchev–Trinajstić information content (AvgIpc) is 2.95. The van der Waals surface area contributed by atoms with Crippen molar-refractivity contribution in [3.05, 3.63) is 52.6 Å². The zero-order valence-electron chi connectivity index (χ0n) is 22.7. The first-order chi connectivity index (χ1) is 18.7. The Hall–Kier alpha value is -1.30. The molecule has 0 spiro atoms.